The number of methoxy groups -OCH3 is 1. The van der Waals surface area contributed by atoms with Crippen LogP contribution >= 0.6 is 11.3 Å². The number of anilines is 1. The third-order valence-electron chi connectivity index (χ3n) is 5.66. The summed E-state index contributed by atoms with van der Waals surface area (Å²) in [4.78, 5) is 38.3. The predicted molar refractivity (Wildman–Crippen MR) is 126 cm³/mol. The molecule has 1 aromatic heterocycles. The van der Waals surface area contributed by atoms with E-state index in [0.717, 1.165) is 36.1 Å². The molecule has 7 nitrogen and oxygen atoms in total. The van der Waals surface area contributed by atoms with Crippen LogP contribution < -0.4 is 5.32 Å². The molecule has 3 rings (SSSR count). The Balaban J connectivity index is 1.88. The number of amides is 1. The van der Waals surface area contributed by atoms with Crippen LogP contribution in [0.3, 0.4) is 0 Å². The van der Waals surface area contributed by atoms with Crippen molar-refractivity contribution in [1.82, 2.24) is 0 Å². The van der Waals surface area contributed by atoms with Crippen molar-refractivity contribution in [2.45, 2.75) is 39.5 Å². The minimum atomic E-state index is -0.606. The van der Waals surface area contributed by atoms with Crippen molar-refractivity contribution in [3.63, 3.8) is 0 Å². The Morgan fingerprint density at radius 1 is 1.21 bits per heavy atom. The van der Waals surface area contributed by atoms with E-state index in [0.29, 0.717) is 27.6 Å². The van der Waals surface area contributed by atoms with Gasteiger partial charge in [0.2, 0.25) is 0 Å². The number of carbonyl (C=O) groups excluding carboxylic acids is 3. The van der Waals surface area contributed by atoms with Crippen LogP contribution in [0, 0.1) is 17.2 Å². The first-order chi connectivity index (χ1) is 15.9. The van der Waals surface area contributed by atoms with Gasteiger partial charge in [-0.1, -0.05) is 25.5 Å². The molecule has 1 amide bonds. The van der Waals surface area contributed by atoms with Crippen LogP contribution in [0.15, 0.2) is 29.8 Å². The van der Waals surface area contributed by atoms with E-state index in [4.69, 9.17) is 4.74 Å². The van der Waals surface area contributed by atoms with Crippen LogP contribution in [0.25, 0.3) is 6.08 Å². The van der Waals surface area contributed by atoms with E-state index in [-0.39, 0.29) is 12.2 Å². The average molecular weight is 467 g/mol. The number of hydrogen-bond acceptors (Lipinski definition) is 7. The van der Waals surface area contributed by atoms with Gasteiger partial charge in [-0.2, -0.15) is 5.26 Å². The highest BCUT2D eigenvalue weighted by molar-refractivity contribution is 7.17. The zero-order valence-electron chi connectivity index (χ0n) is 18.9. The molecule has 8 heteroatoms. The third-order valence-corrected chi connectivity index (χ3v) is 6.83. The Kier molecular flexibility index (Phi) is 8.01. The molecule has 1 aliphatic carbocycles. The van der Waals surface area contributed by atoms with Crippen molar-refractivity contribution in [3.05, 3.63) is 57.0 Å². The summed E-state index contributed by atoms with van der Waals surface area (Å²) in [5, 5.41) is 12.7. The molecule has 0 fully saturated rings. The fourth-order valence-electron chi connectivity index (χ4n) is 3.83. The molecule has 0 saturated carbocycles. The molecule has 0 aliphatic heterocycles. The number of nitrogens with one attached hydrogen (secondary N) is 1. The normalized spacial score (nSPS) is 15.2. The summed E-state index contributed by atoms with van der Waals surface area (Å²) in [5.74, 6) is -0.980. The van der Waals surface area contributed by atoms with Gasteiger partial charge in [-0.3, -0.25) is 4.79 Å². The third kappa shape index (κ3) is 5.49. The van der Waals surface area contributed by atoms with Crippen molar-refractivity contribution in [3.8, 4) is 6.07 Å². The number of ether oxygens (including phenoxy) is 2. The van der Waals surface area contributed by atoms with Crippen LogP contribution in [-0.2, 0) is 27.1 Å². The minimum Gasteiger partial charge on any atom is -0.465 e. The Labute approximate surface area is 197 Å². The first-order valence-electron chi connectivity index (χ1n) is 10.8. The average Bonchev–Trinajstić information content (AvgIpc) is 3.19. The van der Waals surface area contributed by atoms with E-state index in [1.165, 1.54) is 24.5 Å². The van der Waals surface area contributed by atoms with Gasteiger partial charge in [0, 0.05) is 4.88 Å². The number of hydrogen-bond donors (Lipinski definition) is 1. The molecule has 1 heterocycles. The Morgan fingerprint density at radius 2 is 1.94 bits per heavy atom. The minimum absolute atomic E-state index is 0.117. The highest BCUT2D eigenvalue weighted by Crippen LogP contribution is 2.41. The molecule has 2 aromatic rings. The van der Waals surface area contributed by atoms with Crippen molar-refractivity contribution in [1.29, 1.82) is 5.26 Å². The maximum atomic E-state index is 12.9. The van der Waals surface area contributed by atoms with Crippen molar-refractivity contribution < 1.29 is 23.9 Å². The molecule has 1 aliphatic rings. The number of carbonyl (C=O) groups is 3. The first-order valence-corrected chi connectivity index (χ1v) is 11.7. The van der Waals surface area contributed by atoms with Crippen molar-refractivity contribution in [2.24, 2.45) is 5.92 Å². The number of esters is 2. The Bertz CT molecular complexity index is 1120. The zero-order chi connectivity index (χ0) is 24.0. The second-order valence-corrected chi connectivity index (χ2v) is 8.79. The number of benzene rings is 1. The van der Waals surface area contributed by atoms with Gasteiger partial charge in [0.1, 0.15) is 16.6 Å². The maximum absolute atomic E-state index is 12.9. The Hall–Kier alpha value is -3.44. The van der Waals surface area contributed by atoms with E-state index < -0.39 is 17.8 Å². The van der Waals surface area contributed by atoms with Crippen LogP contribution in [0.5, 0.6) is 0 Å². The van der Waals surface area contributed by atoms with Gasteiger partial charge < -0.3 is 14.8 Å². The molecule has 1 N–H and O–H groups in total. The summed E-state index contributed by atoms with van der Waals surface area (Å²) in [7, 11) is 1.30. The highest BCUT2D eigenvalue weighted by Gasteiger charge is 2.30. The number of thiophene rings is 1. The smallest absolute Gasteiger partial charge is 0.341 e. The summed E-state index contributed by atoms with van der Waals surface area (Å²) in [6, 6.07) is 8.27. The second kappa shape index (κ2) is 10.9. The van der Waals surface area contributed by atoms with Crippen LogP contribution in [0.1, 0.15) is 63.4 Å². The molecule has 0 bridgehead atoms. The first kappa shape index (κ1) is 24.2. The summed E-state index contributed by atoms with van der Waals surface area (Å²) >= 11 is 1.38. The van der Waals surface area contributed by atoms with Gasteiger partial charge >= 0.3 is 11.9 Å². The van der Waals surface area contributed by atoms with Gasteiger partial charge in [-0.15, -0.1) is 11.3 Å². The lowest BCUT2D eigenvalue weighted by molar-refractivity contribution is -0.112. The molecule has 1 aromatic carbocycles. The number of fused-ring (bicyclic) bond motifs is 1. The molecule has 0 saturated heterocycles. The van der Waals surface area contributed by atoms with Crippen molar-refractivity contribution in [2.75, 3.05) is 19.0 Å². The lowest BCUT2D eigenvalue weighted by atomic mass is 9.85. The SMILES string of the molecule is CCOC(=O)c1c(NC(=O)/C(C#N)=C/c2ccc(C(=O)OC)cc2)sc2c1CCC(CC)C2. The quantitative estimate of drug-likeness (QED) is 0.358. The van der Waals surface area contributed by atoms with E-state index in [9.17, 15) is 19.6 Å². The van der Waals surface area contributed by atoms with E-state index >= 15 is 0 Å². The summed E-state index contributed by atoms with van der Waals surface area (Å²) in [5.41, 5.74) is 2.18. The molecule has 1 atom stereocenters. The monoisotopic (exact) mass is 466 g/mol. The fourth-order valence-corrected chi connectivity index (χ4v) is 5.17. The largest absolute Gasteiger partial charge is 0.465 e. The number of nitriles is 1. The topological polar surface area (TPSA) is 105 Å². The zero-order valence-corrected chi connectivity index (χ0v) is 19.7. The van der Waals surface area contributed by atoms with Gasteiger partial charge in [-0.05, 0) is 61.4 Å². The molecule has 172 valence electrons. The van der Waals surface area contributed by atoms with Gasteiger partial charge in [0.25, 0.3) is 5.91 Å². The van der Waals surface area contributed by atoms with Crippen molar-refractivity contribution >= 4 is 40.3 Å². The maximum Gasteiger partial charge on any atom is 0.341 e. The standard InChI is InChI=1S/C25H26N2O5S/c1-4-15-8-11-19-20(13-15)33-23(21(19)25(30)32-5-2)27-22(28)18(14-26)12-16-6-9-17(10-7-16)24(29)31-3/h6-7,9-10,12,15H,4-5,8,11,13H2,1-3H3,(H,27,28)/b18-12+. The molecule has 0 spiro atoms. The van der Waals surface area contributed by atoms with Crippen LogP contribution in [0.2, 0.25) is 0 Å². The summed E-state index contributed by atoms with van der Waals surface area (Å²) < 4.78 is 9.92. The van der Waals surface area contributed by atoms with Gasteiger partial charge in [0.05, 0.1) is 24.8 Å². The van der Waals surface area contributed by atoms with Gasteiger partial charge in [0.15, 0.2) is 0 Å². The lowest BCUT2D eigenvalue weighted by Crippen LogP contribution is -2.17. The Morgan fingerprint density at radius 3 is 2.55 bits per heavy atom. The predicted octanol–water partition coefficient (Wildman–Crippen LogP) is 4.77. The fraction of sp³-hybridized carbons (Fsp3) is 0.360. The van der Waals surface area contributed by atoms with E-state index in [2.05, 4.69) is 17.0 Å². The van der Waals surface area contributed by atoms with Crippen LogP contribution in [-0.4, -0.2) is 31.6 Å². The molecule has 33 heavy (non-hydrogen) atoms. The second-order valence-electron chi connectivity index (χ2n) is 7.68. The number of nitrogens with zero attached hydrogens (tertiary/aromatic N) is 1. The summed E-state index contributed by atoms with van der Waals surface area (Å²) in [6.07, 6.45) is 5.12. The molecular formula is C25H26N2O5S. The summed E-state index contributed by atoms with van der Waals surface area (Å²) in [6.45, 7) is 4.13. The van der Waals surface area contributed by atoms with Crippen LogP contribution in [0.4, 0.5) is 5.00 Å². The van der Waals surface area contributed by atoms with E-state index in [1.54, 1.807) is 31.2 Å². The van der Waals surface area contributed by atoms with Gasteiger partial charge in [-0.25, -0.2) is 9.59 Å². The lowest BCUT2D eigenvalue weighted by Gasteiger charge is -2.20. The molecular weight excluding hydrogens is 440 g/mol. The highest BCUT2D eigenvalue weighted by atomic mass is 32.1. The number of rotatable bonds is 7. The van der Waals surface area contributed by atoms with E-state index in [1.807, 2.05) is 6.07 Å². The molecule has 0 radical (unpaired) electrons. The molecule has 1 unspecified atom stereocenters.